The number of benzene rings is 2. The van der Waals surface area contributed by atoms with Crippen LogP contribution in [0.5, 0.6) is 17.2 Å². The number of hydrogen-bond donors (Lipinski definition) is 2. The molecule has 178 valence electrons. The summed E-state index contributed by atoms with van der Waals surface area (Å²) in [6, 6.07) is 10.7. The molecule has 0 amide bonds. The van der Waals surface area contributed by atoms with E-state index in [2.05, 4.69) is 6.92 Å². The van der Waals surface area contributed by atoms with Gasteiger partial charge < -0.3 is 9.84 Å². The average Bonchev–Trinajstić information content (AvgIpc) is 2.75. The fourth-order valence-corrected chi connectivity index (χ4v) is 4.27. The van der Waals surface area contributed by atoms with Gasteiger partial charge in [-0.3, -0.25) is 4.55 Å². The third kappa shape index (κ3) is 10.0. The van der Waals surface area contributed by atoms with E-state index in [1.54, 1.807) is 12.1 Å². The molecule has 2 N–H and O–H groups in total. The van der Waals surface area contributed by atoms with Crippen LogP contribution in [-0.4, -0.2) is 18.1 Å². The Morgan fingerprint density at radius 2 is 1.22 bits per heavy atom. The summed E-state index contributed by atoms with van der Waals surface area (Å²) in [5.41, 5.74) is 0.908. The van der Waals surface area contributed by atoms with Crippen LogP contribution in [0.15, 0.2) is 47.4 Å². The van der Waals surface area contributed by atoms with E-state index in [1.807, 2.05) is 6.07 Å². The first-order chi connectivity index (χ1) is 15.4. The van der Waals surface area contributed by atoms with Crippen molar-refractivity contribution in [2.45, 2.75) is 95.3 Å². The molecule has 0 heterocycles. The van der Waals surface area contributed by atoms with E-state index in [-0.39, 0.29) is 10.6 Å². The van der Waals surface area contributed by atoms with Crippen LogP contribution in [0.25, 0.3) is 0 Å². The molecule has 0 bridgehead atoms. The topological polar surface area (TPSA) is 83.8 Å². The van der Waals surface area contributed by atoms with Gasteiger partial charge in [0.2, 0.25) is 0 Å². The monoisotopic (exact) mass is 462 g/mol. The Morgan fingerprint density at radius 1 is 0.719 bits per heavy atom. The quantitative estimate of drug-likeness (QED) is 0.197. The maximum Gasteiger partial charge on any atom is 0.294 e. The van der Waals surface area contributed by atoms with E-state index in [0.717, 1.165) is 18.4 Å². The van der Waals surface area contributed by atoms with E-state index in [9.17, 15) is 13.5 Å². The van der Waals surface area contributed by atoms with Gasteiger partial charge in [-0.25, -0.2) is 0 Å². The van der Waals surface area contributed by atoms with Crippen molar-refractivity contribution in [2.24, 2.45) is 0 Å². The predicted octanol–water partition coefficient (Wildman–Crippen LogP) is 7.67. The predicted molar refractivity (Wildman–Crippen MR) is 129 cm³/mol. The highest BCUT2D eigenvalue weighted by Crippen LogP contribution is 2.29. The average molecular weight is 463 g/mol. The molecule has 2 aromatic carbocycles. The maximum absolute atomic E-state index is 11.1. The van der Waals surface area contributed by atoms with Gasteiger partial charge in [-0.15, -0.1) is 0 Å². The van der Waals surface area contributed by atoms with Crippen LogP contribution in [0.4, 0.5) is 0 Å². The Balaban J connectivity index is 1.63. The number of unbranched alkanes of at least 4 members (excludes halogenated alkanes) is 11. The first kappa shape index (κ1) is 26.2. The van der Waals surface area contributed by atoms with Crippen LogP contribution in [0.3, 0.4) is 0 Å². The van der Waals surface area contributed by atoms with Gasteiger partial charge in [0.05, 0.1) is 4.90 Å². The lowest BCUT2D eigenvalue weighted by Crippen LogP contribution is -1.97. The number of phenols is 1. The molecule has 0 aliphatic carbocycles. The molecule has 32 heavy (non-hydrogen) atoms. The second-order valence-electron chi connectivity index (χ2n) is 8.48. The lowest BCUT2D eigenvalue weighted by molar-refractivity contribution is 0.448. The first-order valence-corrected chi connectivity index (χ1v) is 13.4. The zero-order valence-electron chi connectivity index (χ0n) is 19.3. The summed E-state index contributed by atoms with van der Waals surface area (Å²) >= 11 is 0. The second-order valence-corrected chi connectivity index (χ2v) is 9.90. The largest absolute Gasteiger partial charge is 0.508 e. The fourth-order valence-electron chi connectivity index (χ4n) is 3.79. The molecular weight excluding hydrogens is 424 g/mol. The second kappa shape index (κ2) is 14.2. The fraction of sp³-hybridized carbons (Fsp3) is 0.538. The molecule has 2 aromatic rings. The number of aromatic hydroxyl groups is 1. The summed E-state index contributed by atoms with van der Waals surface area (Å²) in [6.07, 6.45) is 16.5. The number of hydrogen-bond acceptors (Lipinski definition) is 4. The summed E-state index contributed by atoms with van der Waals surface area (Å²) in [6.45, 7) is 2.25. The summed E-state index contributed by atoms with van der Waals surface area (Å²) < 4.78 is 36.9. The number of phenolic OH excluding ortho intramolecular Hbond substituents is 1. The Bertz CT molecular complexity index is 891. The summed E-state index contributed by atoms with van der Waals surface area (Å²) in [5.74, 6) is 1.10. The molecule has 0 fully saturated rings. The Hall–Kier alpha value is -2.05. The van der Waals surface area contributed by atoms with Crippen molar-refractivity contribution in [2.75, 3.05) is 0 Å². The molecular formula is C26H38O5S. The molecule has 0 aliphatic rings. The molecule has 0 unspecified atom stereocenters. The Morgan fingerprint density at radius 3 is 1.72 bits per heavy atom. The van der Waals surface area contributed by atoms with Gasteiger partial charge in [-0.1, -0.05) is 83.6 Å². The Labute approximate surface area is 193 Å². The van der Waals surface area contributed by atoms with E-state index in [1.165, 1.54) is 94.9 Å². The maximum atomic E-state index is 11.1. The standard InChI is InChI=1S/C26H38O5S/c1-2-3-4-5-6-7-8-9-10-11-12-13-14-22-15-16-24(21-26(22)27)31-23-17-19-25(20-18-23)32(28,29)30/h15-21,27H,2-14H2,1H3,(H,28,29,30). The zero-order chi connectivity index (χ0) is 23.2. The molecule has 0 aromatic heterocycles. The van der Waals surface area contributed by atoms with Gasteiger partial charge in [0.1, 0.15) is 17.2 Å². The number of ether oxygens (including phenoxy) is 1. The number of aryl methyl sites for hydroxylation is 1. The molecule has 2 rings (SSSR count). The number of rotatable bonds is 16. The normalized spacial score (nSPS) is 11.6. The van der Waals surface area contributed by atoms with E-state index in [4.69, 9.17) is 9.29 Å². The molecule has 0 atom stereocenters. The lowest BCUT2D eigenvalue weighted by Gasteiger charge is -2.09. The minimum Gasteiger partial charge on any atom is -0.508 e. The van der Waals surface area contributed by atoms with Crippen LogP contribution in [-0.2, 0) is 16.5 Å². The van der Waals surface area contributed by atoms with Crippen molar-refractivity contribution in [3.63, 3.8) is 0 Å². The molecule has 0 saturated carbocycles. The van der Waals surface area contributed by atoms with Crippen LogP contribution in [0.2, 0.25) is 0 Å². The van der Waals surface area contributed by atoms with Crippen molar-refractivity contribution in [1.82, 2.24) is 0 Å². The first-order valence-electron chi connectivity index (χ1n) is 12.0. The van der Waals surface area contributed by atoms with Gasteiger partial charge in [-0.05, 0) is 48.7 Å². The van der Waals surface area contributed by atoms with Gasteiger partial charge in [0.25, 0.3) is 10.1 Å². The summed E-state index contributed by atoms with van der Waals surface area (Å²) in [7, 11) is -4.22. The van der Waals surface area contributed by atoms with Crippen LogP contribution >= 0.6 is 0 Å². The SMILES string of the molecule is CCCCCCCCCCCCCCc1ccc(Oc2ccc(S(=O)(=O)O)cc2)cc1O. The lowest BCUT2D eigenvalue weighted by atomic mass is 10.0. The van der Waals surface area contributed by atoms with Crippen molar-refractivity contribution in [3.8, 4) is 17.2 Å². The van der Waals surface area contributed by atoms with E-state index in [0.29, 0.717) is 11.5 Å². The molecule has 5 nitrogen and oxygen atoms in total. The smallest absolute Gasteiger partial charge is 0.294 e. The van der Waals surface area contributed by atoms with E-state index < -0.39 is 10.1 Å². The van der Waals surface area contributed by atoms with Gasteiger partial charge in [0.15, 0.2) is 0 Å². The van der Waals surface area contributed by atoms with Crippen LogP contribution < -0.4 is 4.74 Å². The Kier molecular flexibility index (Phi) is 11.6. The van der Waals surface area contributed by atoms with Crippen LogP contribution in [0, 0.1) is 0 Å². The van der Waals surface area contributed by atoms with Crippen molar-refractivity contribution < 1.29 is 22.8 Å². The summed E-state index contributed by atoms with van der Waals surface area (Å²) in [4.78, 5) is -0.189. The third-order valence-corrected chi connectivity index (χ3v) is 6.58. The van der Waals surface area contributed by atoms with Crippen molar-refractivity contribution >= 4 is 10.1 Å². The summed E-state index contributed by atoms with van der Waals surface area (Å²) in [5, 5.41) is 10.3. The van der Waals surface area contributed by atoms with Gasteiger partial charge in [0, 0.05) is 6.07 Å². The van der Waals surface area contributed by atoms with Crippen molar-refractivity contribution in [1.29, 1.82) is 0 Å². The molecule has 0 radical (unpaired) electrons. The van der Waals surface area contributed by atoms with Gasteiger partial charge >= 0.3 is 0 Å². The molecule has 0 aliphatic heterocycles. The highest BCUT2D eigenvalue weighted by atomic mass is 32.2. The third-order valence-electron chi connectivity index (χ3n) is 5.71. The molecule has 6 heteroatoms. The zero-order valence-corrected chi connectivity index (χ0v) is 20.1. The van der Waals surface area contributed by atoms with Gasteiger partial charge in [-0.2, -0.15) is 8.42 Å². The van der Waals surface area contributed by atoms with Crippen LogP contribution in [0.1, 0.15) is 89.5 Å². The highest BCUT2D eigenvalue weighted by Gasteiger charge is 2.10. The molecule has 0 saturated heterocycles. The minimum absolute atomic E-state index is 0.189. The highest BCUT2D eigenvalue weighted by molar-refractivity contribution is 7.85. The minimum atomic E-state index is -4.22. The van der Waals surface area contributed by atoms with E-state index >= 15 is 0 Å². The van der Waals surface area contributed by atoms with Crippen molar-refractivity contribution in [3.05, 3.63) is 48.0 Å². The molecule has 0 spiro atoms.